The molecular weight excluding hydrogens is 250 g/mol. The van der Waals surface area contributed by atoms with E-state index in [9.17, 15) is 14.4 Å². The lowest BCUT2D eigenvalue weighted by Gasteiger charge is -2.24. The summed E-state index contributed by atoms with van der Waals surface area (Å²) in [6.45, 7) is 2.60. The summed E-state index contributed by atoms with van der Waals surface area (Å²) in [5.74, 6) is -2.04. The molecule has 1 unspecified atom stereocenters. The van der Waals surface area contributed by atoms with Crippen molar-refractivity contribution in [2.24, 2.45) is 11.1 Å². The molecule has 5 N–H and O–H groups in total. The summed E-state index contributed by atoms with van der Waals surface area (Å²) in [5.41, 5.74) is 5.01. The highest BCUT2D eigenvalue weighted by Gasteiger charge is 2.29. The fourth-order valence-corrected chi connectivity index (χ4v) is 2.31. The summed E-state index contributed by atoms with van der Waals surface area (Å²) < 4.78 is 0. The monoisotopic (exact) mass is 271 g/mol. The Balaban J connectivity index is 2.40. The molecule has 0 spiro atoms. The van der Waals surface area contributed by atoms with E-state index in [1.54, 1.807) is 0 Å². The van der Waals surface area contributed by atoms with E-state index in [-0.39, 0.29) is 5.41 Å². The van der Waals surface area contributed by atoms with Crippen LogP contribution in [0.25, 0.3) is 0 Å². The number of carbonyl (C=O) groups is 3. The fourth-order valence-electron chi connectivity index (χ4n) is 2.31. The van der Waals surface area contributed by atoms with E-state index in [1.165, 1.54) is 0 Å². The molecule has 0 bridgehead atoms. The molecule has 108 valence electrons. The van der Waals surface area contributed by atoms with Crippen molar-refractivity contribution in [3.05, 3.63) is 0 Å². The fraction of sp³-hybridized carbons (Fsp3) is 0.750. The number of nitrogens with one attached hydrogen (secondary N) is 2. The number of urea groups is 1. The van der Waals surface area contributed by atoms with Gasteiger partial charge in [-0.2, -0.15) is 0 Å². The van der Waals surface area contributed by atoms with Crippen LogP contribution in [0.5, 0.6) is 0 Å². The molecule has 0 aromatic heterocycles. The number of primary amides is 1. The zero-order chi connectivity index (χ0) is 14.5. The maximum absolute atomic E-state index is 11.6. The van der Waals surface area contributed by atoms with E-state index in [0.717, 1.165) is 25.7 Å². The molecule has 0 aromatic rings. The van der Waals surface area contributed by atoms with Gasteiger partial charge in [0.2, 0.25) is 5.91 Å². The number of hydrogen-bond donors (Lipinski definition) is 4. The van der Waals surface area contributed by atoms with Crippen LogP contribution in [0.3, 0.4) is 0 Å². The van der Waals surface area contributed by atoms with E-state index >= 15 is 0 Å². The van der Waals surface area contributed by atoms with Crippen molar-refractivity contribution >= 4 is 17.9 Å². The molecule has 1 atom stereocenters. The Morgan fingerprint density at radius 3 is 2.37 bits per heavy atom. The van der Waals surface area contributed by atoms with Crippen LogP contribution < -0.4 is 16.4 Å². The SMILES string of the molecule is CC1(CNC(=O)NC(CC(N)=O)C(=O)O)CCCC1. The predicted octanol–water partition coefficient (Wildman–Crippen LogP) is 0.194. The minimum atomic E-state index is -1.28. The van der Waals surface area contributed by atoms with Crippen LogP contribution in [0.1, 0.15) is 39.0 Å². The quantitative estimate of drug-likeness (QED) is 0.551. The Labute approximate surface area is 111 Å². The maximum atomic E-state index is 11.6. The van der Waals surface area contributed by atoms with Crippen molar-refractivity contribution in [3.63, 3.8) is 0 Å². The van der Waals surface area contributed by atoms with Gasteiger partial charge in [0.15, 0.2) is 0 Å². The summed E-state index contributed by atoms with van der Waals surface area (Å²) in [4.78, 5) is 33.1. The molecule has 1 aliphatic rings. The van der Waals surface area contributed by atoms with Gasteiger partial charge in [0.05, 0.1) is 6.42 Å². The number of carbonyl (C=O) groups excluding carboxylic acids is 2. The zero-order valence-corrected chi connectivity index (χ0v) is 11.1. The van der Waals surface area contributed by atoms with Gasteiger partial charge in [0.25, 0.3) is 0 Å². The average Bonchev–Trinajstić information content (AvgIpc) is 2.73. The smallest absolute Gasteiger partial charge is 0.326 e. The number of aliphatic carboxylic acids is 1. The van der Waals surface area contributed by atoms with Gasteiger partial charge in [0, 0.05) is 6.54 Å². The lowest BCUT2D eigenvalue weighted by atomic mass is 9.89. The van der Waals surface area contributed by atoms with Gasteiger partial charge in [0.1, 0.15) is 6.04 Å². The first-order valence-electron chi connectivity index (χ1n) is 6.38. The Morgan fingerprint density at radius 1 is 1.32 bits per heavy atom. The number of rotatable bonds is 6. The lowest BCUT2D eigenvalue weighted by Crippen LogP contribution is -2.49. The van der Waals surface area contributed by atoms with Crippen molar-refractivity contribution in [2.75, 3.05) is 6.54 Å². The highest BCUT2D eigenvalue weighted by molar-refractivity contribution is 5.87. The van der Waals surface area contributed by atoms with E-state index < -0.39 is 30.4 Å². The molecule has 3 amide bonds. The Hall–Kier alpha value is -1.79. The van der Waals surface area contributed by atoms with Gasteiger partial charge in [-0.25, -0.2) is 9.59 Å². The van der Waals surface area contributed by atoms with Crippen LogP contribution in [0.2, 0.25) is 0 Å². The summed E-state index contributed by atoms with van der Waals surface area (Å²) >= 11 is 0. The Bertz CT molecular complexity index is 364. The Morgan fingerprint density at radius 2 is 1.89 bits per heavy atom. The normalized spacial score (nSPS) is 18.6. The van der Waals surface area contributed by atoms with Gasteiger partial charge in [-0.15, -0.1) is 0 Å². The van der Waals surface area contributed by atoms with E-state index in [0.29, 0.717) is 6.54 Å². The molecule has 7 nitrogen and oxygen atoms in total. The highest BCUT2D eigenvalue weighted by atomic mass is 16.4. The molecule has 0 radical (unpaired) electrons. The highest BCUT2D eigenvalue weighted by Crippen LogP contribution is 2.36. The Kier molecular flexibility index (Phi) is 5.14. The van der Waals surface area contributed by atoms with Gasteiger partial charge in [-0.1, -0.05) is 19.8 Å². The van der Waals surface area contributed by atoms with Gasteiger partial charge >= 0.3 is 12.0 Å². The molecule has 1 saturated carbocycles. The molecule has 1 rings (SSSR count). The molecule has 7 heteroatoms. The standard InChI is InChI=1S/C12H21N3O4/c1-12(4-2-3-5-12)7-14-11(19)15-8(10(17)18)6-9(13)16/h8H,2-7H2,1H3,(H2,13,16)(H,17,18)(H2,14,15,19). The van der Waals surface area contributed by atoms with Crippen molar-refractivity contribution < 1.29 is 19.5 Å². The largest absolute Gasteiger partial charge is 0.480 e. The van der Waals surface area contributed by atoms with Crippen molar-refractivity contribution in [2.45, 2.75) is 45.1 Å². The molecule has 0 aliphatic heterocycles. The minimum Gasteiger partial charge on any atom is -0.480 e. The maximum Gasteiger partial charge on any atom is 0.326 e. The predicted molar refractivity (Wildman–Crippen MR) is 68.3 cm³/mol. The van der Waals surface area contributed by atoms with Crippen molar-refractivity contribution in [3.8, 4) is 0 Å². The molecule has 1 fully saturated rings. The second-order valence-corrected chi connectivity index (χ2v) is 5.41. The summed E-state index contributed by atoms with van der Waals surface area (Å²) in [5, 5.41) is 13.7. The topological polar surface area (TPSA) is 122 Å². The summed E-state index contributed by atoms with van der Waals surface area (Å²) in [6.07, 6.45) is 3.99. The molecular formula is C12H21N3O4. The van der Waals surface area contributed by atoms with Crippen molar-refractivity contribution in [1.29, 1.82) is 0 Å². The zero-order valence-electron chi connectivity index (χ0n) is 11.1. The molecule has 19 heavy (non-hydrogen) atoms. The number of carboxylic acids is 1. The number of hydrogen-bond acceptors (Lipinski definition) is 3. The van der Waals surface area contributed by atoms with Crippen LogP contribution in [-0.2, 0) is 9.59 Å². The van der Waals surface area contributed by atoms with Crippen LogP contribution in [0.15, 0.2) is 0 Å². The van der Waals surface area contributed by atoms with Gasteiger partial charge < -0.3 is 21.5 Å². The first kappa shape index (κ1) is 15.3. The molecule has 0 saturated heterocycles. The number of nitrogens with two attached hydrogens (primary N) is 1. The van der Waals surface area contributed by atoms with Gasteiger partial charge in [-0.3, -0.25) is 4.79 Å². The second-order valence-electron chi connectivity index (χ2n) is 5.41. The van der Waals surface area contributed by atoms with E-state index in [1.807, 2.05) is 0 Å². The van der Waals surface area contributed by atoms with Crippen molar-refractivity contribution in [1.82, 2.24) is 10.6 Å². The molecule has 0 aromatic carbocycles. The van der Waals surface area contributed by atoms with Crippen LogP contribution in [0.4, 0.5) is 4.79 Å². The second kappa shape index (κ2) is 6.40. The molecule has 1 aliphatic carbocycles. The first-order chi connectivity index (χ1) is 8.82. The third-order valence-electron chi connectivity index (χ3n) is 3.50. The third-order valence-corrected chi connectivity index (χ3v) is 3.50. The van der Waals surface area contributed by atoms with Crippen LogP contribution in [-0.4, -0.2) is 35.6 Å². The van der Waals surface area contributed by atoms with Gasteiger partial charge in [-0.05, 0) is 18.3 Å². The van der Waals surface area contributed by atoms with Crippen LogP contribution >= 0.6 is 0 Å². The molecule has 0 heterocycles. The lowest BCUT2D eigenvalue weighted by molar-refractivity contribution is -0.140. The van der Waals surface area contributed by atoms with Crippen LogP contribution in [0, 0.1) is 5.41 Å². The average molecular weight is 271 g/mol. The summed E-state index contributed by atoms with van der Waals surface area (Å²) in [7, 11) is 0. The minimum absolute atomic E-state index is 0.0831. The first-order valence-corrected chi connectivity index (χ1v) is 6.38. The van der Waals surface area contributed by atoms with E-state index in [4.69, 9.17) is 10.8 Å². The van der Waals surface area contributed by atoms with E-state index in [2.05, 4.69) is 17.6 Å². The third kappa shape index (κ3) is 5.15. The number of carboxylic acid groups (broad SMARTS) is 1. The number of amides is 3. The summed E-state index contributed by atoms with van der Waals surface area (Å²) in [6, 6.07) is -1.87.